The molecular weight excluding hydrogens is 306 g/mol. The average Bonchev–Trinajstić information content (AvgIpc) is 2.55. The molecule has 0 bridgehead atoms. The van der Waals surface area contributed by atoms with E-state index in [1.807, 2.05) is 0 Å². The lowest BCUT2D eigenvalue weighted by molar-refractivity contribution is 0.131. The zero-order valence-corrected chi connectivity index (χ0v) is 12.9. The smallest absolute Gasteiger partial charge is 0.317 e. The number of rotatable bonds is 6. The molecule has 128 valence electrons. The van der Waals surface area contributed by atoms with Gasteiger partial charge < -0.3 is 20.1 Å². The van der Waals surface area contributed by atoms with Crippen LogP contribution in [-0.4, -0.2) is 48.4 Å². The van der Waals surface area contributed by atoms with E-state index in [2.05, 4.69) is 5.32 Å². The second-order valence-electron chi connectivity index (χ2n) is 5.51. The number of amides is 2. The van der Waals surface area contributed by atoms with Crippen LogP contribution >= 0.6 is 0 Å². The summed E-state index contributed by atoms with van der Waals surface area (Å²) in [5.74, 6) is -1.67. The predicted octanol–water partition coefficient (Wildman–Crippen LogP) is 2.29. The number of benzene rings is 1. The number of ether oxygens (including phenoxy) is 1. The highest BCUT2D eigenvalue weighted by Crippen LogP contribution is 2.19. The van der Waals surface area contributed by atoms with Crippen molar-refractivity contribution in [3.05, 3.63) is 29.8 Å². The Kier molecular flexibility index (Phi) is 6.58. The highest BCUT2D eigenvalue weighted by atomic mass is 19.2. The van der Waals surface area contributed by atoms with Gasteiger partial charge in [-0.05, 0) is 37.8 Å². The molecule has 1 unspecified atom stereocenters. The molecule has 0 radical (unpaired) electrons. The summed E-state index contributed by atoms with van der Waals surface area (Å²) >= 11 is 0. The molecular formula is C16H22F2N2O3. The minimum Gasteiger partial charge on any atom is -0.492 e. The van der Waals surface area contributed by atoms with Crippen LogP contribution in [0.1, 0.15) is 25.7 Å². The SMILES string of the molecule is O=C(NCCOc1ccc(F)c(F)c1)N1CCCCC1CCO. The summed E-state index contributed by atoms with van der Waals surface area (Å²) in [6, 6.07) is 3.19. The Bertz CT molecular complexity index is 526. The van der Waals surface area contributed by atoms with Gasteiger partial charge in [-0.15, -0.1) is 0 Å². The van der Waals surface area contributed by atoms with Crippen molar-refractivity contribution in [2.75, 3.05) is 26.3 Å². The lowest BCUT2D eigenvalue weighted by atomic mass is 10.0. The molecule has 2 N–H and O–H groups in total. The number of carbonyl (C=O) groups excluding carboxylic acids is 1. The molecule has 2 amide bonds. The van der Waals surface area contributed by atoms with Gasteiger partial charge in [-0.1, -0.05) is 0 Å². The number of hydrogen-bond donors (Lipinski definition) is 2. The van der Waals surface area contributed by atoms with Crippen molar-refractivity contribution in [3.8, 4) is 5.75 Å². The van der Waals surface area contributed by atoms with Gasteiger partial charge in [0.15, 0.2) is 11.6 Å². The fourth-order valence-electron chi connectivity index (χ4n) is 2.71. The van der Waals surface area contributed by atoms with Crippen molar-refractivity contribution in [3.63, 3.8) is 0 Å². The Hall–Kier alpha value is -1.89. The van der Waals surface area contributed by atoms with Gasteiger partial charge in [0, 0.05) is 25.3 Å². The van der Waals surface area contributed by atoms with E-state index in [0.29, 0.717) is 13.0 Å². The number of nitrogens with one attached hydrogen (secondary N) is 1. The standard InChI is InChI=1S/C16H22F2N2O3/c17-14-5-4-13(11-15(14)18)23-10-7-19-16(22)20-8-2-1-3-12(20)6-9-21/h4-5,11-12,21H,1-3,6-10H2,(H,19,22). The van der Waals surface area contributed by atoms with Crippen molar-refractivity contribution < 1.29 is 23.4 Å². The third-order valence-corrected chi connectivity index (χ3v) is 3.89. The van der Waals surface area contributed by atoms with Crippen molar-refractivity contribution in [1.29, 1.82) is 0 Å². The fourth-order valence-corrected chi connectivity index (χ4v) is 2.71. The van der Waals surface area contributed by atoms with Crippen LogP contribution in [0.25, 0.3) is 0 Å². The number of aliphatic hydroxyl groups excluding tert-OH is 1. The van der Waals surface area contributed by atoms with Crippen molar-refractivity contribution in [2.45, 2.75) is 31.7 Å². The minimum atomic E-state index is -0.966. The maximum absolute atomic E-state index is 13.0. The Morgan fingerprint density at radius 1 is 1.35 bits per heavy atom. The quantitative estimate of drug-likeness (QED) is 0.788. The van der Waals surface area contributed by atoms with E-state index in [4.69, 9.17) is 9.84 Å². The maximum atomic E-state index is 13.0. The van der Waals surface area contributed by atoms with Gasteiger partial charge in [-0.25, -0.2) is 13.6 Å². The number of urea groups is 1. The molecule has 0 aliphatic carbocycles. The van der Waals surface area contributed by atoms with Gasteiger partial charge in [-0.3, -0.25) is 0 Å². The highest BCUT2D eigenvalue weighted by Gasteiger charge is 2.25. The van der Waals surface area contributed by atoms with Gasteiger partial charge >= 0.3 is 6.03 Å². The Morgan fingerprint density at radius 2 is 2.17 bits per heavy atom. The Balaban J connectivity index is 1.74. The number of hydrogen-bond acceptors (Lipinski definition) is 3. The summed E-state index contributed by atoms with van der Waals surface area (Å²) < 4.78 is 31.1. The normalized spacial score (nSPS) is 17.9. The van der Waals surface area contributed by atoms with E-state index in [1.165, 1.54) is 6.07 Å². The van der Waals surface area contributed by atoms with E-state index < -0.39 is 11.6 Å². The van der Waals surface area contributed by atoms with Gasteiger partial charge in [0.1, 0.15) is 12.4 Å². The summed E-state index contributed by atoms with van der Waals surface area (Å²) in [6.45, 7) is 1.17. The number of aliphatic hydroxyl groups is 1. The number of piperidine rings is 1. The number of halogens is 2. The van der Waals surface area contributed by atoms with Gasteiger partial charge in [0.2, 0.25) is 0 Å². The fraction of sp³-hybridized carbons (Fsp3) is 0.562. The van der Waals surface area contributed by atoms with E-state index in [0.717, 1.165) is 31.4 Å². The lowest BCUT2D eigenvalue weighted by Gasteiger charge is -2.35. The van der Waals surface area contributed by atoms with Crippen LogP contribution in [0.3, 0.4) is 0 Å². The number of nitrogens with zero attached hydrogens (tertiary/aromatic N) is 1. The number of carbonyl (C=O) groups is 1. The molecule has 1 heterocycles. The molecule has 2 rings (SSSR count). The highest BCUT2D eigenvalue weighted by molar-refractivity contribution is 5.74. The summed E-state index contributed by atoms with van der Waals surface area (Å²) in [6.07, 6.45) is 3.51. The molecule has 1 atom stereocenters. The minimum absolute atomic E-state index is 0.0632. The molecule has 1 aromatic carbocycles. The molecule has 23 heavy (non-hydrogen) atoms. The Morgan fingerprint density at radius 3 is 2.91 bits per heavy atom. The molecule has 1 saturated heterocycles. The van der Waals surface area contributed by atoms with Crippen LogP contribution in [0.15, 0.2) is 18.2 Å². The molecule has 1 aliphatic rings. The van der Waals surface area contributed by atoms with Gasteiger partial charge in [0.25, 0.3) is 0 Å². The van der Waals surface area contributed by atoms with Gasteiger partial charge in [0.05, 0.1) is 6.54 Å². The first-order valence-corrected chi connectivity index (χ1v) is 7.85. The summed E-state index contributed by atoms with van der Waals surface area (Å²) in [4.78, 5) is 13.9. The van der Waals surface area contributed by atoms with Crippen LogP contribution in [0.5, 0.6) is 5.75 Å². The zero-order valence-electron chi connectivity index (χ0n) is 12.9. The molecule has 7 heteroatoms. The molecule has 0 saturated carbocycles. The lowest BCUT2D eigenvalue weighted by Crippen LogP contribution is -2.49. The van der Waals surface area contributed by atoms with E-state index >= 15 is 0 Å². The third-order valence-electron chi connectivity index (χ3n) is 3.89. The second kappa shape index (κ2) is 8.67. The molecule has 1 fully saturated rings. The predicted molar refractivity (Wildman–Crippen MR) is 81.3 cm³/mol. The van der Waals surface area contributed by atoms with Crippen molar-refractivity contribution in [1.82, 2.24) is 10.2 Å². The topological polar surface area (TPSA) is 61.8 Å². The second-order valence-corrected chi connectivity index (χ2v) is 5.51. The molecule has 0 aromatic heterocycles. The molecule has 0 spiro atoms. The van der Waals surface area contributed by atoms with E-state index in [9.17, 15) is 13.6 Å². The first-order chi connectivity index (χ1) is 11.1. The molecule has 1 aliphatic heterocycles. The maximum Gasteiger partial charge on any atom is 0.317 e. The molecule has 1 aromatic rings. The monoisotopic (exact) mass is 328 g/mol. The van der Waals surface area contributed by atoms with Crippen LogP contribution in [0, 0.1) is 11.6 Å². The van der Waals surface area contributed by atoms with Crippen LogP contribution < -0.4 is 10.1 Å². The zero-order chi connectivity index (χ0) is 16.7. The third kappa shape index (κ3) is 5.06. The summed E-state index contributed by atoms with van der Waals surface area (Å²) in [5.41, 5.74) is 0. The van der Waals surface area contributed by atoms with Crippen molar-refractivity contribution in [2.24, 2.45) is 0 Å². The Labute approximate surface area is 134 Å². The average molecular weight is 328 g/mol. The largest absolute Gasteiger partial charge is 0.492 e. The van der Waals surface area contributed by atoms with Crippen LogP contribution in [-0.2, 0) is 0 Å². The van der Waals surface area contributed by atoms with Crippen LogP contribution in [0.4, 0.5) is 13.6 Å². The number of likely N-dealkylation sites (tertiary alicyclic amines) is 1. The van der Waals surface area contributed by atoms with Crippen LogP contribution in [0.2, 0.25) is 0 Å². The first kappa shape index (κ1) is 17.5. The van der Waals surface area contributed by atoms with E-state index in [1.54, 1.807) is 4.90 Å². The van der Waals surface area contributed by atoms with E-state index in [-0.39, 0.29) is 37.6 Å². The summed E-state index contributed by atoms with van der Waals surface area (Å²) in [7, 11) is 0. The first-order valence-electron chi connectivity index (χ1n) is 7.85. The summed E-state index contributed by atoms with van der Waals surface area (Å²) in [5, 5.41) is 11.8. The molecule has 5 nitrogen and oxygen atoms in total. The van der Waals surface area contributed by atoms with Crippen molar-refractivity contribution >= 4 is 6.03 Å². The van der Waals surface area contributed by atoms with Gasteiger partial charge in [-0.2, -0.15) is 0 Å².